The van der Waals surface area contributed by atoms with Gasteiger partial charge < -0.3 is 4.57 Å². The first-order chi connectivity index (χ1) is 13.0. The zero-order valence-corrected chi connectivity index (χ0v) is 15.3. The van der Waals surface area contributed by atoms with E-state index in [1.165, 1.54) is 23.9 Å². The smallest absolute Gasteiger partial charge is 0.302 e. The lowest BCUT2D eigenvalue weighted by Gasteiger charge is -2.10. The molecule has 3 nitrogen and oxygen atoms in total. The van der Waals surface area contributed by atoms with E-state index in [9.17, 15) is 13.2 Å². The molecule has 140 valence electrons. The van der Waals surface area contributed by atoms with Crippen molar-refractivity contribution in [3.8, 4) is 0 Å². The molecule has 7 heteroatoms. The van der Waals surface area contributed by atoms with Crippen LogP contribution in [0.5, 0.6) is 0 Å². The van der Waals surface area contributed by atoms with Crippen molar-refractivity contribution in [3.63, 3.8) is 0 Å². The normalized spacial score (nSPS) is 11.5. The predicted octanol–water partition coefficient (Wildman–Crippen LogP) is 5.37. The number of nitrogens with zero attached hydrogens (tertiary/aromatic N) is 3. The van der Waals surface area contributed by atoms with Gasteiger partial charge in [-0.05, 0) is 17.2 Å². The van der Waals surface area contributed by atoms with Gasteiger partial charge in [-0.15, -0.1) is 16.8 Å². The van der Waals surface area contributed by atoms with Gasteiger partial charge in [0.1, 0.15) is 5.82 Å². The Morgan fingerprint density at radius 3 is 2.44 bits per heavy atom. The molecular weight excluding hydrogens is 371 g/mol. The van der Waals surface area contributed by atoms with Crippen molar-refractivity contribution in [1.29, 1.82) is 0 Å². The molecule has 0 aliphatic heterocycles. The summed E-state index contributed by atoms with van der Waals surface area (Å²) in [5.74, 6) is 1.18. The van der Waals surface area contributed by atoms with Crippen LogP contribution in [0.2, 0.25) is 0 Å². The van der Waals surface area contributed by atoms with Crippen molar-refractivity contribution in [2.24, 2.45) is 0 Å². The minimum Gasteiger partial charge on any atom is -0.302 e. The Bertz CT molecular complexity index is 904. The lowest BCUT2D eigenvalue weighted by atomic mass is 10.1. The van der Waals surface area contributed by atoms with Crippen LogP contribution >= 0.6 is 11.8 Å². The highest BCUT2D eigenvalue weighted by molar-refractivity contribution is 7.98. The topological polar surface area (TPSA) is 30.7 Å². The van der Waals surface area contributed by atoms with Crippen LogP contribution in [0.3, 0.4) is 0 Å². The molecule has 0 amide bonds. The third-order valence-corrected chi connectivity index (χ3v) is 4.97. The highest BCUT2D eigenvalue weighted by Crippen LogP contribution is 2.31. The first-order valence-corrected chi connectivity index (χ1v) is 9.32. The molecule has 0 saturated carbocycles. The van der Waals surface area contributed by atoms with Crippen LogP contribution in [0.25, 0.3) is 0 Å². The van der Waals surface area contributed by atoms with Crippen molar-refractivity contribution in [3.05, 3.63) is 89.8 Å². The zero-order chi connectivity index (χ0) is 19.3. The largest absolute Gasteiger partial charge is 0.416 e. The van der Waals surface area contributed by atoms with Crippen molar-refractivity contribution in [2.75, 3.05) is 0 Å². The van der Waals surface area contributed by atoms with Gasteiger partial charge in [-0.2, -0.15) is 13.2 Å². The molecule has 1 heterocycles. The monoisotopic (exact) mass is 389 g/mol. The number of aromatic nitrogens is 3. The maximum Gasteiger partial charge on any atom is 0.416 e. The van der Waals surface area contributed by atoms with E-state index in [1.54, 1.807) is 12.1 Å². The van der Waals surface area contributed by atoms with Gasteiger partial charge in [0.05, 0.1) is 5.56 Å². The lowest BCUT2D eigenvalue weighted by molar-refractivity contribution is -0.137. The second-order valence-corrected chi connectivity index (χ2v) is 6.89. The van der Waals surface area contributed by atoms with Crippen molar-refractivity contribution in [2.45, 2.75) is 30.1 Å². The molecule has 0 spiro atoms. The van der Waals surface area contributed by atoms with Crippen molar-refractivity contribution >= 4 is 11.8 Å². The summed E-state index contributed by atoms with van der Waals surface area (Å²) in [6.45, 7) is 4.31. The number of halogens is 3. The number of thioether (sulfide) groups is 1. The highest BCUT2D eigenvalue weighted by atomic mass is 32.2. The van der Waals surface area contributed by atoms with Crippen molar-refractivity contribution in [1.82, 2.24) is 14.8 Å². The number of allylic oxidation sites excluding steroid dienone is 1. The summed E-state index contributed by atoms with van der Waals surface area (Å²) in [5, 5.41) is 9.15. The van der Waals surface area contributed by atoms with Crippen LogP contribution in [-0.4, -0.2) is 14.8 Å². The zero-order valence-electron chi connectivity index (χ0n) is 14.5. The number of rotatable bonds is 7. The minimum atomic E-state index is -4.34. The van der Waals surface area contributed by atoms with E-state index in [0.717, 1.165) is 17.5 Å². The summed E-state index contributed by atoms with van der Waals surface area (Å²) in [6, 6.07) is 15.3. The standard InChI is InChI=1S/C20H18F3N3S/c1-2-11-26-18(13-15-7-4-3-5-8-15)24-25-19(26)27-14-16-9-6-10-17(12-16)20(21,22)23/h2-10,12H,1,11,13-14H2. The van der Waals surface area contributed by atoms with E-state index in [4.69, 9.17) is 0 Å². The van der Waals surface area contributed by atoms with E-state index in [2.05, 4.69) is 16.8 Å². The quantitative estimate of drug-likeness (QED) is 0.402. The number of hydrogen-bond donors (Lipinski definition) is 0. The van der Waals surface area contributed by atoms with E-state index in [0.29, 0.717) is 29.4 Å². The van der Waals surface area contributed by atoms with Gasteiger partial charge in [0, 0.05) is 18.7 Å². The Morgan fingerprint density at radius 1 is 1.00 bits per heavy atom. The summed E-state index contributed by atoms with van der Waals surface area (Å²) < 4.78 is 40.5. The van der Waals surface area contributed by atoms with Crippen LogP contribution in [0, 0.1) is 0 Å². The van der Waals surface area contributed by atoms with E-state index in [1.807, 2.05) is 34.9 Å². The summed E-state index contributed by atoms with van der Waals surface area (Å²) in [4.78, 5) is 0. The van der Waals surface area contributed by atoms with E-state index < -0.39 is 11.7 Å². The molecule has 0 bridgehead atoms. The first-order valence-electron chi connectivity index (χ1n) is 8.33. The second-order valence-electron chi connectivity index (χ2n) is 5.95. The Balaban J connectivity index is 1.76. The summed E-state index contributed by atoms with van der Waals surface area (Å²) in [7, 11) is 0. The van der Waals surface area contributed by atoms with Gasteiger partial charge in [0.15, 0.2) is 5.16 Å². The van der Waals surface area contributed by atoms with Crippen LogP contribution in [-0.2, 0) is 24.9 Å². The summed E-state index contributed by atoms with van der Waals surface area (Å²) >= 11 is 1.37. The molecule has 1 aromatic heterocycles. The maximum atomic E-state index is 12.9. The second kappa shape index (κ2) is 8.43. The van der Waals surface area contributed by atoms with E-state index in [-0.39, 0.29) is 0 Å². The lowest BCUT2D eigenvalue weighted by Crippen LogP contribution is -2.06. The third kappa shape index (κ3) is 5.01. The molecule has 2 aromatic carbocycles. The van der Waals surface area contributed by atoms with Crippen LogP contribution in [0.4, 0.5) is 13.2 Å². The van der Waals surface area contributed by atoms with Gasteiger partial charge in [-0.1, -0.05) is 66.4 Å². The third-order valence-electron chi connectivity index (χ3n) is 3.93. The molecule has 0 aliphatic carbocycles. The van der Waals surface area contributed by atoms with E-state index >= 15 is 0 Å². The van der Waals surface area contributed by atoms with Gasteiger partial charge in [0.2, 0.25) is 0 Å². The fourth-order valence-electron chi connectivity index (χ4n) is 2.63. The first kappa shape index (κ1) is 19.2. The molecule has 0 unspecified atom stereocenters. The molecule has 0 aliphatic rings. The van der Waals surface area contributed by atoms with Gasteiger partial charge in [-0.25, -0.2) is 0 Å². The van der Waals surface area contributed by atoms with Crippen LogP contribution in [0.1, 0.15) is 22.5 Å². The molecule has 3 rings (SSSR count). The maximum absolute atomic E-state index is 12.9. The minimum absolute atomic E-state index is 0.379. The molecule has 0 saturated heterocycles. The fraction of sp³-hybridized carbons (Fsp3) is 0.200. The van der Waals surface area contributed by atoms with Crippen LogP contribution < -0.4 is 0 Å². The Labute approximate surface area is 159 Å². The molecule has 0 radical (unpaired) electrons. The summed E-state index contributed by atoms with van der Waals surface area (Å²) in [6.07, 6.45) is -1.95. The van der Waals surface area contributed by atoms with Crippen molar-refractivity contribution < 1.29 is 13.2 Å². The Morgan fingerprint density at radius 2 is 1.74 bits per heavy atom. The molecule has 3 aromatic rings. The molecular formula is C20H18F3N3S. The predicted molar refractivity (Wildman–Crippen MR) is 100 cm³/mol. The molecule has 0 atom stereocenters. The van der Waals surface area contributed by atoms with Crippen LogP contribution in [0.15, 0.2) is 72.4 Å². The fourth-order valence-corrected chi connectivity index (χ4v) is 3.54. The van der Waals surface area contributed by atoms with Gasteiger partial charge in [-0.3, -0.25) is 0 Å². The SMILES string of the molecule is C=CCn1c(Cc2ccccc2)nnc1SCc1cccc(C(F)(F)F)c1. The summed E-state index contributed by atoms with van der Waals surface area (Å²) in [5.41, 5.74) is 1.06. The molecule has 27 heavy (non-hydrogen) atoms. The number of benzene rings is 2. The average Bonchev–Trinajstić information content (AvgIpc) is 3.02. The Hall–Kier alpha value is -2.54. The number of hydrogen-bond acceptors (Lipinski definition) is 3. The molecule has 0 N–H and O–H groups in total. The Kier molecular flexibility index (Phi) is 6.01. The highest BCUT2D eigenvalue weighted by Gasteiger charge is 2.30. The number of alkyl halides is 3. The van der Waals surface area contributed by atoms with Gasteiger partial charge in [0.25, 0.3) is 0 Å². The van der Waals surface area contributed by atoms with Gasteiger partial charge >= 0.3 is 6.18 Å². The average molecular weight is 389 g/mol. The molecule has 0 fully saturated rings.